The van der Waals surface area contributed by atoms with Gasteiger partial charge in [0.2, 0.25) is 5.91 Å². The van der Waals surface area contributed by atoms with Crippen molar-refractivity contribution < 1.29 is 13.6 Å². The molecule has 1 aliphatic rings. The molecule has 11 heteroatoms. The average molecular weight is 477 g/mol. The predicted molar refractivity (Wildman–Crippen MR) is 120 cm³/mol. The Bertz CT molecular complexity index is 1320. The summed E-state index contributed by atoms with van der Waals surface area (Å²) >= 11 is 7.96. The third-order valence-electron chi connectivity index (χ3n) is 5.72. The number of carbonyl (C=O) groups is 1. The van der Waals surface area contributed by atoms with Gasteiger partial charge >= 0.3 is 0 Å². The van der Waals surface area contributed by atoms with Gasteiger partial charge in [0.25, 0.3) is 6.43 Å². The molecule has 166 valence electrons. The third kappa shape index (κ3) is 3.77. The molecule has 1 amide bonds. The highest BCUT2D eigenvalue weighted by Gasteiger charge is 2.31. The first-order valence-electron chi connectivity index (χ1n) is 10.1. The normalized spacial score (nSPS) is 16.0. The fraction of sp³-hybridized carbons (Fsp3) is 0.333. The Kier molecular flexibility index (Phi) is 5.42. The number of alkyl halides is 2. The molecule has 0 bridgehead atoms. The highest BCUT2D eigenvalue weighted by molar-refractivity contribution is 7.19. The molecule has 0 saturated carbocycles. The standard InChI is InChI=1S/C21H19ClF2N6OS/c1-29(9-17(23)24)21(31)11-2-3-13-16(6-11)32-20-18(13)19(25-10-26-20)28-15-7-12-4-5-27-30(12)8-14(15)22/h4-5,7-8,10-11,17H,2-3,6,9H2,1H3,(H,25,26,28)/t11-/m0/s1. The predicted octanol–water partition coefficient (Wildman–Crippen LogP) is 4.56. The Labute approximate surface area is 191 Å². The molecule has 1 N–H and O–H groups in total. The summed E-state index contributed by atoms with van der Waals surface area (Å²) in [6.45, 7) is -0.545. The van der Waals surface area contributed by atoms with Crippen molar-refractivity contribution in [3.63, 3.8) is 0 Å². The summed E-state index contributed by atoms with van der Waals surface area (Å²) in [6, 6.07) is 3.78. The maximum absolute atomic E-state index is 12.7. The summed E-state index contributed by atoms with van der Waals surface area (Å²) in [5.74, 6) is 0.110. The molecule has 1 atom stereocenters. The maximum atomic E-state index is 12.7. The minimum absolute atomic E-state index is 0.237. The number of fused-ring (bicyclic) bond motifs is 4. The Balaban J connectivity index is 1.46. The monoisotopic (exact) mass is 476 g/mol. The molecule has 0 aromatic carbocycles. The van der Waals surface area contributed by atoms with E-state index in [2.05, 4.69) is 20.4 Å². The van der Waals surface area contributed by atoms with Gasteiger partial charge in [-0.3, -0.25) is 4.79 Å². The molecule has 0 radical (unpaired) electrons. The van der Waals surface area contributed by atoms with Gasteiger partial charge in [0, 0.05) is 30.2 Å². The number of thiophene rings is 1. The smallest absolute Gasteiger partial charge is 0.255 e. The van der Waals surface area contributed by atoms with Gasteiger partial charge < -0.3 is 10.2 Å². The lowest BCUT2D eigenvalue weighted by atomic mass is 9.87. The van der Waals surface area contributed by atoms with E-state index in [1.54, 1.807) is 16.9 Å². The van der Waals surface area contributed by atoms with E-state index in [0.29, 0.717) is 35.8 Å². The van der Waals surface area contributed by atoms with Crippen LogP contribution in [0.25, 0.3) is 15.7 Å². The van der Waals surface area contributed by atoms with Gasteiger partial charge in [0.1, 0.15) is 17.0 Å². The summed E-state index contributed by atoms with van der Waals surface area (Å²) in [5.41, 5.74) is 2.70. The van der Waals surface area contributed by atoms with Gasteiger partial charge in [-0.2, -0.15) is 5.10 Å². The molecule has 4 aromatic rings. The number of amides is 1. The summed E-state index contributed by atoms with van der Waals surface area (Å²) in [7, 11) is 1.43. The Morgan fingerprint density at radius 2 is 2.28 bits per heavy atom. The van der Waals surface area contributed by atoms with E-state index in [4.69, 9.17) is 11.6 Å². The molecule has 32 heavy (non-hydrogen) atoms. The zero-order valence-electron chi connectivity index (χ0n) is 17.1. The third-order valence-corrected chi connectivity index (χ3v) is 7.19. The van der Waals surface area contributed by atoms with Gasteiger partial charge in [-0.15, -0.1) is 11.3 Å². The topological polar surface area (TPSA) is 75.4 Å². The number of aryl methyl sites for hydroxylation is 1. The van der Waals surface area contributed by atoms with Gasteiger partial charge in [-0.25, -0.2) is 23.3 Å². The Morgan fingerprint density at radius 3 is 3.09 bits per heavy atom. The van der Waals surface area contributed by atoms with Crippen LogP contribution in [-0.4, -0.2) is 50.4 Å². The lowest BCUT2D eigenvalue weighted by Crippen LogP contribution is -2.38. The first kappa shape index (κ1) is 21.0. The van der Waals surface area contributed by atoms with Crippen LogP contribution in [-0.2, 0) is 17.6 Å². The summed E-state index contributed by atoms with van der Waals surface area (Å²) < 4.78 is 27.1. The van der Waals surface area contributed by atoms with E-state index in [0.717, 1.165) is 31.1 Å². The first-order chi connectivity index (χ1) is 15.4. The number of carbonyl (C=O) groups excluding carboxylic acids is 1. The number of hydrogen-bond donors (Lipinski definition) is 1. The van der Waals surface area contributed by atoms with Crippen molar-refractivity contribution in [2.24, 2.45) is 5.92 Å². The van der Waals surface area contributed by atoms with Crippen LogP contribution in [0.15, 0.2) is 30.9 Å². The van der Waals surface area contributed by atoms with Crippen LogP contribution in [0.3, 0.4) is 0 Å². The molecular formula is C21H19ClF2N6OS. The van der Waals surface area contributed by atoms with Gasteiger partial charge in [-0.05, 0) is 37.0 Å². The molecule has 0 spiro atoms. The molecule has 4 aromatic heterocycles. The summed E-state index contributed by atoms with van der Waals surface area (Å²) in [4.78, 5) is 24.5. The van der Waals surface area contributed by atoms with Crippen molar-refractivity contribution >= 4 is 56.1 Å². The number of hydrogen-bond acceptors (Lipinski definition) is 6. The molecule has 7 nitrogen and oxygen atoms in total. The van der Waals surface area contributed by atoms with Crippen LogP contribution in [0.1, 0.15) is 16.9 Å². The zero-order valence-corrected chi connectivity index (χ0v) is 18.6. The molecule has 4 heterocycles. The van der Waals surface area contributed by atoms with E-state index in [9.17, 15) is 13.6 Å². The van der Waals surface area contributed by atoms with E-state index in [-0.39, 0.29) is 11.8 Å². The van der Waals surface area contributed by atoms with Crippen molar-refractivity contribution in [3.8, 4) is 0 Å². The number of rotatable bonds is 5. The lowest BCUT2D eigenvalue weighted by molar-refractivity contribution is -0.136. The highest BCUT2D eigenvalue weighted by Crippen LogP contribution is 2.41. The average Bonchev–Trinajstić information content (AvgIpc) is 3.36. The second-order valence-corrected chi connectivity index (χ2v) is 9.31. The van der Waals surface area contributed by atoms with E-state index in [1.807, 2.05) is 12.1 Å². The molecule has 1 aliphatic carbocycles. The SMILES string of the molecule is CN(CC(F)F)C(=O)[C@H]1CCc2c(sc3ncnc(Nc4cc5ccnn5cc4Cl)c23)C1. The number of halogens is 3. The van der Waals surface area contributed by atoms with Gasteiger partial charge in [0.15, 0.2) is 0 Å². The van der Waals surface area contributed by atoms with Gasteiger partial charge in [-0.1, -0.05) is 11.6 Å². The van der Waals surface area contributed by atoms with Crippen LogP contribution >= 0.6 is 22.9 Å². The molecule has 0 unspecified atom stereocenters. The molecule has 5 rings (SSSR count). The number of nitrogens with zero attached hydrogens (tertiary/aromatic N) is 5. The number of nitrogens with one attached hydrogen (secondary N) is 1. The number of anilines is 2. The quantitative estimate of drug-likeness (QED) is 0.457. The van der Waals surface area contributed by atoms with Crippen LogP contribution in [0.5, 0.6) is 0 Å². The maximum Gasteiger partial charge on any atom is 0.255 e. The summed E-state index contributed by atoms with van der Waals surface area (Å²) in [6.07, 6.45) is 4.16. The number of aromatic nitrogens is 4. The lowest BCUT2D eigenvalue weighted by Gasteiger charge is -2.26. The van der Waals surface area contributed by atoms with Crippen LogP contribution in [0, 0.1) is 5.92 Å². The highest BCUT2D eigenvalue weighted by atomic mass is 35.5. The minimum atomic E-state index is -2.54. The summed E-state index contributed by atoms with van der Waals surface area (Å²) in [5, 5.41) is 8.94. The van der Waals surface area contributed by atoms with Crippen molar-refractivity contribution in [3.05, 3.63) is 46.3 Å². The van der Waals surface area contributed by atoms with Crippen LogP contribution in [0.4, 0.5) is 20.3 Å². The largest absolute Gasteiger partial charge is 0.340 e. The first-order valence-corrected chi connectivity index (χ1v) is 11.3. The van der Waals surface area contributed by atoms with Gasteiger partial charge in [0.05, 0.1) is 28.2 Å². The fourth-order valence-corrected chi connectivity index (χ4v) is 5.65. The van der Waals surface area contributed by atoms with Crippen molar-refractivity contribution in [2.45, 2.75) is 25.7 Å². The minimum Gasteiger partial charge on any atom is -0.340 e. The molecular weight excluding hydrogens is 458 g/mol. The van der Waals surface area contributed by atoms with E-state index < -0.39 is 13.0 Å². The molecule has 0 saturated heterocycles. The van der Waals surface area contributed by atoms with Crippen LogP contribution in [0.2, 0.25) is 5.02 Å². The van der Waals surface area contributed by atoms with Crippen molar-refractivity contribution in [1.82, 2.24) is 24.5 Å². The Morgan fingerprint density at radius 1 is 1.44 bits per heavy atom. The fourth-order valence-electron chi connectivity index (χ4n) is 4.19. The second kappa shape index (κ2) is 8.25. The van der Waals surface area contributed by atoms with Crippen molar-refractivity contribution in [2.75, 3.05) is 18.9 Å². The second-order valence-electron chi connectivity index (χ2n) is 7.82. The Hall–Kier alpha value is -2.85. The van der Waals surface area contributed by atoms with Crippen molar-refractivity contribution in [1.29, 1.82) is 0 Å². The van der Waals surface area contributed by atoms with Crippen LogP contribution < -0.4 is 5.32 Å². The molecule has 0 fully saturated rings. The molecule has 0 aliphatic heterocycles. The number of pyridine rings is 1. The zero-order chi connectivity index (χ0) is 22.4. The van der Waals surface area contributed by atoms with E-state index in [1.165, 1.54) is 24.7 Å². The van der Waals surface area contributed by atoms with E-state index >= 15 is 0 Å².